The Kier molecular flexibility index (Phi) is 4.03. The van der Waals surface area contributed by atoms with Crippen LogP contribution in [0.1, 0.15) is 45.1 Å². The topological polar surface area (TPSA) is 26.0 Å². The van der Waals surface area contributed by atoms with Crippen LogP contribution in [0.5, 0.6) is 0 Å². The molecule has 4 heteroatoms. The fourth-order valence-electron chi connectivity index (χ4n) is 2.97. The molecule has 1 aromatic carbocycles. The first-order valence-electron chi connectivity index (χ1n) is 6.68. The molecular weight excluding hydrogens is 312 g/mol. The van der Waals surface area contributed by atoms with Gasteiger partial charge in [-0.3, -0.25) is 0 Å². The molecule has 0 aliphatic heterocycles. The second kappa shape index (κ2) is 5.13. The second-order valence-electron chi connectivity index (χ2n) is 6.25. The number of rotatable bonds is 2. The van der Waals surface area contributed by atoms with E-state index in [2.05, 4.69) is 29.8 Å². The molecule has 1 nitrogen and oxygen atoms in total. The summed E-state index contributed by atoms with van der Waals surface area (Å²) >= 11 is 3.11. The van der Waals surface area contributed by atoms with Gasteiger partial charge in [-0.05, 0) is 52.7 Å². The number of benzene rings is 1. The highest BCUT2D eigenvalue weighted by Crippen LogP contribution is 2.44. The maximum absolute atomic E-state index is 14.1. The lowest BCUT2D eigenvalue weighted by atomic mass is 9.61. The van der Waals surface area contributed by atoms with E-state index in [1.807, 2.05) is 0 Å². The predicted molar refractivity (Wildman–Crippen MR) is 76.9 cm³/mol. The van der Waals surface area contributed by atoms with Gasteiger partial charge in [0.1, 0.15) is 11.6 Å². The molecule has 2 N–H and O–H groups in total. The smallest absolute Gasteiger partial charge is 0.143 e. The van der Waals surface area contributed by atoms with Crippen LogP contribution < -0.4 is 5.73 Å². The molecule has 106 valence electrons. The Morgan fingerprint density at radius 1 is 1.21 bits per heavy atom. The summed E-state index contributed by atoms with van der Waals surface area (Å²) in [6.45, 7) is 4.19. The molecule has 0 amide bonds. The first-order chi connectivity index (χ1) is 8.77. The molecule has 19 heavy (non-hydrogen) atoms. The summed E-state index contributed by atoms with van der Waals surface area (Å²) in [6.07, 6.45) is 4.22. The van der Waals surface area contributed by atoms with Gasteiger partial charge in [-0.1, -0.05) is 26.7 Å². The van der Waals surface area contributed by atoms with Crippen molar-refractivity contribution in [1.82, 2.24) is 0 Å². The number of hydrogen-bond acceptors (Lipinski definition) is 1. The maximum atomic E-state index is 14.1. The summed E-state index contributed by atoms with van der Waals surface area (Å²) in [5.74, 6) is -1.03. The first kappa shape index (κ1) is 14.9. The standard InChI is InChI=1S/C15H20BrF2N/c1-14(2)7-3-4-8-15(14,19)9-10-12(17)6-5-11(16)13(10)18/h5-6H,3-4,7-9,19H2,1-2H3. The normalized spacial score (nSPS) is 26.4. The van der Waals surface area contributed by atoms with Crippen LogP contribution in [0, 0.1) is 17.0 Å². The summed E-state index contributed by atoms with van der Waals surface area (Å²) in [7, 11) is 0. The van der Waals surface area contributed by atoms with Gasteiger partial charge in [-0.15, -0.1) is 0 Å². The number of nitrogens with two attached hydrogens (primary N) is 1. The number of halogens is 3. The van der Waals surface area contributed by atoms with E-state index in [-0.39, 0.29) is 17.4 Å². The Bertz CT molecular complexity index is 487. The van der Waals surface area contributed by atoms with Gasteiger partial charge >= 0.3 is 0 Å². The van der Waals surface area contributed by atoms with Crippen LogP contribution in [-0.4, -0.2) is 5.54 Å². The summed E-state index contributed by atoms with van der Waals surface area (Å²) in [4.78, 5) is 0. The van der Waals surface area contributed by atoms with Crippen LogP contribution in [0.4, 0.5) is 8.78 Å². The molecule has 0 saturated heterocycles. The monoisotopic (exact) mass is 331 g/mol. The van der Waals surface area contributed by atoms with Crippen molar-refractivity contribution in [3.8, 4) is 0 Å². The molecule has 1 unspecified atom stereocenters. The third kappa shape index (κ3) is 2.70. The lowest BCUT2D eigenvalue weighted by Gasteiger charge is -2.48. The third-order valence-electron chi connectivity index (χ3n) is 4.65. The molecule has 1 saturated carbocycles. The van der Waals surface area contributed by atoms with Gasteiger partial charge in [-0.25, -0.2) is 8.78 Å². The van der Waals surface area contributed by atoms with Gasteiger partial charge in [0, 0.05) is 11.1 Å². The van der Waals surface area contributed by atoms with Crippen LogP contribution in [0.2, 0.25) is 0 Å². The van der Waals surface area contributed by atoms with E-state index in [1.54, 1.807) is 0 Å². The van der Waals surface area contributed by atoms with E-state index < -0.39 is 17.2 Å². The van der Waals surface area contributed by atoms with E-state index in [0.29, 0.717) is 4.47 Å². The summed E-state index contributed by atoms with van der Waals surface area (Å²) in [6, 6.07) is 2.69. The molecular formula is C15H20BrF2N. The predicted octanol–water partition coefficient (Wildman–Crippen LogP) is 4.57. The zero-order valence-electron chi connectivity index (χ0n) is 11.4. The summed E-state index contributed by atoms with van der Waals surface area (Å²) < 4.78 is 28.3. The maximum Gasteiger partial charge on any atom is 0.143 e. The van der Waals surface area contributed by atoms with E-state index in [4.69, 9.17) is 5.73 Å². The van der Waals surface area contributed by atoms with Crippen molar-refractivity contribution in [1.29, 1.82) is 0 Å². The van der Waals surface area contributed by atoms with E-state index >= 15 is 0 Å². The zero-order chi connectivity index (χ0) is 14.3. The molecule has 0 bridgehead atoms. The molecule has 1 atom stereocenters. The minimum Gasteiger partial charge on any atom is -0.324 e. The molecule has 2 rings (SSSR count). The highest BCUT2D eigenvalue weighted by molar-refractivity contribution is 9.10. The fraction of sp³-hybridized carbons (Fsp3) is 0.600. The summed E-state index contributed by atoms with van der Waals surface area (Å²) in [5, 5.41) is 0. The highest BCUT2D eigenvalue weighted by atomic mass is 79.9. The summed E-state index contributed by atoms with van der Waals surface area (Å²) in [5.41, 5.74) is 5.96. The molecule has 1 aliphatic carbocycles. The Labute approximate surface area is 121 Å². The number of hydrogen-bond donors (Lipinski definition) is 1. The molecule has 1 aromatic rings. The average Bonchev–Trinajstić information content (AvgIpc) is 2.34. The van der Waals surface area contributed by atoms with Crippen LogP contribution in [0.25, 0.3) is 0 Å². The van der Waals surface area contributed by atoms with Crippen molar-refractivity contribution in [2.45, 2.75) is 51.5 Å². The minimum absolute atomic E-state index is 0.104. The van der Waals surface area contributed by atoms with Gasteiger partial charge in [0.05, 0.1) is 4.47 Å². The Morgan fingerprint density at radius 2 is 1.84 bits per heavy atom. The second-order valence-corrected chi connectivity index (χ2v) is 7.10. The van der Waals surface area contributed by atoms with Crippen LogP contribution >= 0.6 is 15.9 Å². The van der Waals surface area contributed by atoms with Gasteiger partial charge in [0.2, 0.25) is 0 Å². The minimum atomic E-state index is -0.548. The van der Waals surface area contributed by atoms with Crippen LogP contribution in [0.15, 0.2) is 16.6 Å². The van der Waals surface area contributed by atoms with Crippen molar-refractivity contribution in [2.24, 2.45) is 11.1 Å². The molecule has 0 spiro atoms. The quantitative estimate of drug-likeness (QED) is 0.789. The lowest BCUT2D eigenvalue weighted by molar-refractivity contribution is 0.0973. The molecule has 0 heterocycles. The molecule has 0 radical (unpaired) electrons. The van der Waals surface area contributed by atoms with Crippen molar-refractivity contribution in [3.63, 3.8) is 0 Å². The van der Waals surface area contributed by atoms with E-state index in [0.717, 1.165) is 25.7 Å². The molecule has 1 aliphatic rings. The van der Waals surface area contributed by atoms with Gasteiger partial charge < -0.3 is 5.73 Å². The zero-order valence-corrected chi connectivity index (χ0v) is 13.0. The van der Waals surface area contributed by atoms with Crippen molar-refractivity contribution >= 4 is 15.9 Å². The SMILES string of the molecule is CC1(C)CCCCC1(N)Cc1c(F)ccc(Br)c1F. The van der Waals surface area contributed by atoms with E-state index in [1.165, 1.54) is 12.1 Å². The third-order valence-corrected chi connectivity index (χ3v) is 5.27. The highest BCUT2D eigenvalue weighted by Gasteiger charge is 2.44. The Hall–Kier alpha value is -0.480. The van der Waals surface area contributed by atoms with Crippen LogP contribution in [-0.2, 0) is 6.42 Å². The average molecular weight is 332 g/mol. The molecule has 0 aromatic heterocycles. The van der Waals surface area contributed by atoms with Gasteiger partial charge in [0.25, 0.3) is 0 Å². The largest absolute Gasteiger partial charge is 0.324 e. The van der Waals surface area contributed by atoms with Crippen molar-refractivity contribution in [2.75, 3.05) is 0 Å². The van der Waals surface area contributed by atoms with Gasteiger partial charge in [-0.2, -0.15) is 0 Å². The lowest BCUT2D eigenvalue weighted by Crippen LogP contribution is -2.56. The molecule has 1 fully saturated rings. The Morgan fingerprint density at radius 3 is 2.47 bits per heavy atom. The van der Waals surface area contributed by atoms with E-state index in [9.17, 15) is 8.78 Å². The first-order valence-corrected chi connectivity index (χ1v) is 7.47. The Balaban J connectivity index is 2.37. The van der Waals surface area contributed by atoms with Crippen LogP contribution in [0.3, 0.4) is 0 Å². The van der Waals surface area contributed by atoms with Crippen molar-refractivity contribution in [3.05, 3.63) is 33.8 Å². The van der Waals surface area contributed by atoms with Crippen molar-refractivity contribution < 1.29 is 8.78 Å². The fourth-order valence-corrected chi connectivity index (χ4v) is 3.34. The van der Waals surface area contributed by atoms with Gasteiger partial charge in [0.15, 0.2) is 0 Å².